The van der Waals surface area contributed by atoms with Crippen LogP contribution in [-0.4, -0.2) is 13.1 Å². The average Bonchev–Trinajstić information content (AvgIpc) is 2.12. The topological polar surface area (TPSA) is 26.3 Å². The van der Waals surface area contributed by atoms with E-state index >= 15 is 0 Å². The molecule has 0 saturated carbocycles. The van der Waals surface area contributed by atoms with E-state index in [1.54, 1.807) is 0 Å². The molecule has 0 atom stereocenters. The van der Waals surface area contributed by atoms with E-state index in [9.17, 15) is 4.79 Å². The first-order valence-electron chi connectivity index (χ1n) is 4.76. The molecule has 0 aliphatic rings. The number of carbonyl (C=O) groups excluding carboxylic acids is 1. The second kappa shape index (κ2) is 4.80. The van der Waals surface area contributed by atoms with Crippen LogP contribution in [0.3, 0.4) is 0 Å². The van der Waals surface area contributed by atoms with Gasteiger partial charge in [-0.3, -0.25) is 4.79 Å². The summed E-state index contributed by atoms with van der Waals surface area (Å²) >= 11 is 0. The highest BCUT2D eigenvalue weighted by atomic mass is 16.5. The van der Waals surface area contributed by atoms with Crippen LogP contribution in [0.4, 0.5) is 0 Å². The fraction of sp³-hybridized carbons (Fsp3) is 0.417. The summed E-state index contributed by atoms with van der Waals surface area (Å²) in [4.78, 5) is 10.9. The normalized spacial score (nSPS) is 9.93. The van der Waals surface area contributed by atoms with Gasteiger partial charge in [0.2, 0.25) is 0 Å². The number of hydrogen-bond acceptors (Lipinski definition) is 2. The van der Waals surface area contributed by atoms with Crippen LogP contribution in [-0.2, 0) is 16.0 Å². The third-order valence-corrected chi connectivity index (χ3v) is 2.13. The first kappa shape index (κ1) is 10.8. The van der Waals surface area contributed by atoms with E-state index in [4.69, 9.17) is 0 Å². The lowest BCUT2D eigenvalue weighted by Crippen LogP contribution is -2.02. The Morgan fingerprint density at radius 1 is 1.21 bits per heavy atom. The molecule has 0 aliphatic heterocycles. The van der Waals surface area contributed by atoms with Gasteiger partial charge in [0.15, 0.2) is 0 Å². The maximum absolute atomic E-state index is 10.9. The molecule has 0 bridgehead atoms. The Balaban J connectivity index is 2.63. The summed E-state index contributed by atoms with van der Waals surface area (Å²) < 4.78 is 4.59. The standard InChI is InChI=1S/C12H16O2/c1-9-6-10(2)8-11(7-9)4-5-12(13)14-3/h6-8H,4-5H2,1-3H3. The van der Waals surface area contributed by atoms with Crippen molar-refractivity contribution in [2.24, 2.45) is 0 Å². The maximum Gasteiger partial charge on any atom is 0.305 e. The lowest BCUT2D eigenvalue weighted by molar-refractivity contribution is -0.140. The van der Waals surface area contributed by atoms with Crippen LogP contribution < -0.4 is 0 Å². The predicted octanol–water partition coefficient (Wildman–Crippen LogP) is 2.41. The van der Waals surface area contributed by atoms with E-state index in [-0.39, 0.29) is 5.97 Å². The second-order valence-corrected chi connectivity index (χ2v) is 3.57. The number of rotatable bonds is 3. The fourth-order valence-corrected chi connectivity index (χ4v) is 1.56. The van der Waals surface area contributed by atoms with Crippen molar-refractivity contribution >= 4 is 5.97 Å². The third-order valence-electron chi connectivity index (χ3n) is 2.13. The van der Waals surface area contributed by atoms with Gasteiger partial charge in [0.1, 0.15) is 0 Å². The van der Waals surface area contributed by atoms with E-state index < -0.39 is 0 Å². The molecule has 0 fully saturated rings. The van der Waals surface area contributed by atoms with Crippen LogP contribution in [0.5, 0.6) is 0 Å². The van der Waals surface area contributed by atoms with Crippen LogP contribution in [0.2, 0.25) is 0 Å². The smallest absolute Gasteiger partial charge is 0.305 e. The van der Waals surface area contributed by atoms with Gasteiger partial charge in [-0.15, -0.1) is 0 Å². The molecule has 1 rings (SSSR count). The largest absolute Gasteiger partial charge is 0.469 e. The van der Waals surface area contributed by atoms with Crippen molar-refractivity contribution < 1.29 is 9.53 Å². The van der Waals surface area contributed by atoms with E-state index in [2.05, 4.69) is 36.8 Å². The van der Waals surface area contributed by atoms with Gasteiger partial charge in [-0.1, -0.05) is 29.3 Å². The first-order valence-corrected chi connectivity index (χ1v) is 4.76. The van der Waals surface area contributed by atoms with Crippen molar-refractivity contribution in [2.75, 3.05) is 7.11 Å². The van der Waals surface area contributed by atoms with E-state index in [0.717, 1.165) is 6.42 Å². The van der Waals surface area contributed by atoms with Crippen molar-refractivity contribution in [3.8, 4) is 0 Å². The molecule has 76 valence electrons. The zero-order valence-corrected chi connectivity index (χ0v) is 8.96. The monoisotopic (exact) mass is 192 g/mol. The van der Waals surface area contributed by atoms with Crippen LogP contribution in [0.15, 0.2) is 18.2 Å². The Morgan fingerprint density at radius 3 is 2.29 bits per heavy atom. The SMILES string of the molecule is COC(=O)CCc1cc(C)cc(C)c1. The molecule has 0 N–H and O–H groups in total. The predicted molar refractivity (Wildman–Crippen MR) is 56.3 cm³/mol. The Labute approximate surface area is 84.9 Å². The molecule has 0 heterocycles. The zero-order valence-electron chi connectivity index (χ0n) is 8.96. The number of carbonyl (C=O) groups is 1. The highest BCUT2D eigenvalue weighted by Crippen LogP contribution is 2.10. The molecule has 14 heavy (non-hydrogen) atoms. The summed E-state index contributed by atoms with van der Waals surface area (Å²) in [6.45, 7) is 4.13. The summed E-state index contributed by atoms with van der Waals surface area (Å²) in [5, 5.41) is 0. The quantitative estimate of drug-likeness (QED) is 0.687. The number of aryl methyl sites for hydroxylation is 3. The molecule has 0 amide bonds. The minimum atomic E-state index is -0.149. The van der Waals surface area contributed by atoms with Gasteiger partial charge in [0, 0.05) is 6.42 Å². The first-order chi connectivity index (χ1) is 6.61. The lowest BCUT2D eigenvalue weighted by Gasteiger charge is -2.03. The maximum atomic E-state index is 10.9. The van der Waals surface area contributed by atoms with Gasteiger partial charge < -0.3 is 4.74 Å². The molecule has 0 radical (unpaired) electrons. The van der Waals surface area contributed by atoms with Crippen LogP contribution in [0.25, 0.3) is 0 Å². The Hall–Kier alpha value is -1.31. The van der Waals surface area contributed by atoms with Gasteiger partial charge in [0.25, 0.3) is 0 Å². The molecular formula is C12H16O2. The van der Waals surface area contributed by atoms with Gasteiger partial charge in [-0.25, -0.2) is 0 Å². The van der Waals surface area contributed by atoms with Gasteiger partial charge >= 0.3 is 5.97 Å². The van der Waals surface area contributed by atoms with Crippen molar-refractivity contribution in [2.45, 2.75) is 26.7 Å². The minimum absolute atomic E-state index is 0.149. The highest BCUT2D eigenvalue weighted by molar-refractivity contribution is 5.69. The van der Waals surface area contributed by atoms with Gasteiger partial charge in [0.05, 0.1) is 7.11 Å². The number of hydrogen-bond donors (Lipinski definition) is 0. The van der Waals surface area contributed by atoms with E-state index in [0.29, 0.717) is 6.42 Å². The Kier molecular flexibility index (Phi) is 3.69. The van der Waals surface area contributed by atoms with Crippen LogP contribution in [0, 0.1) is 13.8 Å². The van der Waals surface area contributed by atoms with Crippen LogP contribution >= 0.6 is 0 Å². The molecule has 0 unspecified atom stereocenters. The average molecular weight is 192 g/mol. The number of methoxy groups -OCH3 is 1. The fourth-order valence-electron chi connectivity index (χ4n) is 1.56. The van der Waals surface area contributed by atoms with E-state index in [1.165, 1.54) is 23.8 Å². The minimum Gasteiger partial charge on any atom is -0.469 e. The summed E-state index contributed by atoms with van der Waals surface area (Å²) in [7, 11) is 1.42. The molecule has 0 saturated heterocycles. The van der Waals surface area contributed by atoms with E-state index in [1.807, 2.05) is 0 Å². The molecule has 2 heteroatoms. The number of esters is 1. The van der Waals surface area contributed by atoms with Crippen molar-refractivity contribution in [3.05, 3.63) is 34.9 Å². The molecule has 0 aromatic heterocycles. The number of ether oxygens (including phenoxy) is 1. The summed E-state index contributed by atoms with van der Waals surface area (Å²) in [6.07, 6.45) is 1.22. The van der Waals surface area contributed by atoms with Crippen LogP contribution in [0.1, 0.15) is 23.1 Å². The van der Waals surface area contributed by atoms with Crippen molar-refractivity contribution in [1.29, 1.82) is 0 Å². The summed E-state index contributed by atoms with van der Waals surface area (Å²) in [6, 6.07) is 6.34. The summed E-state index contributed by atoms with van der Waals surface area (Å²) in [5.74, 6) is -0.149. The second-order valence-electron chi connectivity index (χ2n) is 3.57. The molecular weight excluding hydrogens is 176 g/mol. The Bertz CT molecular complexity index is 309. The Morgan fingerprint density at radius 2 is 1.79 bits per heavy atom. The van der Waals surface area contributed by atoms with Gasteiger partial charge in [-0.05, 0) is 25.8 Å². The molecule has 0 spiro atoms. The third kappa shape index (κ3) is 3.21. The van der Waals surface area contributed by atoms with Crippen molar-refractivity contribution in [1.82, 2.24) is 0 Å². The number of benzene rings is 1. The van der Waals surface area contributed by atoms with Gasteiger partial charge in [-0.2, -0.15) is 0 Å². The van der Waals surface area contributed by atoms with Crippen molar-refractivity contribution in [3.63, 3.8) is 0 Å². The lowest BCUT2D eigenvalue weighted by atomic mass is 10.0. The molecule has 1 aromatic carbocycles. The molecule has 1 aromatic rings. The zero-order chi connectivity index (χ0) is 10.6. The summed E-state index contributed by atoms with van der Waals surface area (Å²) in [5.41, 5.74) is 3.68. The molecule has 2 nitrogen and oxygen atoms in total. The highest BCUT2D eigenvalue weighted by Gasteiger charge is 2.02. The molecule has 0 aliphatic carbocycles.